The number of aromatic nitrogens is 1. The van der Waals surface area contributed by atoms with Crippen LogP contribution in [0.25, 0.3) is 6.08 Å². The Hall–Kier alpha value is -1.12. The van der Waals surface area contributed by atoms with Crippen LogP contribution >= 0.6 is 0 Å². The van der Waals surface area contributed by atoms with E-state index in [1.54, 1.807) is 6.92 Å². The second-order valence-electron chi connectivity index (χ2n) is 2.63. The van der Waals surface area contributed by atoms with Gasteiger partial charge >= 0.3 is 0 Å². The number of halogens is 1. The van der Waals surface area contributed by atoms with E-state index in [0.717, 1.165) is 5.76 Å². The Morgan fingerprint density at radius 3 is 2.77 bits per heavy atom. The highest BCUT2D eigenvalue weighted by molar-refractivity contribution is 5.51. The average Bonchev–Trinajstić information content (AvgIpc) is 2.48. The van der Waals surface area contributed by atoms with Crippen molar-refractivity contribution in [1.82, 2.24) is 4.98 Å². The van der Waals surface area contributed by atoms with Gasteiger partial charge in [0.2, 0.25) is 0 Å². The zero-order valence-corrected chi connectivity index (χ0v) is 8.22. The molecule has 0 spiro atoms. The summed E-state index contributed by atoms with van der Waals surface area (Å²) >= 11 is 0. The van der Waals surface area contributed by atoms with Gasteiger partial charge in [-0.2, -0.15) is 0 Å². The highest BCUT2D eigenvalue weighted by Crippen LogP contribution is 2.24. The lowest BCUT2D eigenvalue weighted by molar-refractivity contribution is 0.461. The molecule has 1 heterocycles. The predicted molar refractivity (Wildman–Crippen MR) is 50.0 cm³/mol. The minimum Gasteiger partial charge on any atom is -0.445 e. The second kappa shape index (κ2) is 4.21. The molecule has 0 amide bonds. The molecule has 0 aliphatic heterocycles. The summed E-state index contributed by atoms with van der Waals surface area (Å²) in [7, 11) is 0. The van der Waals surface area contributed by atoms with Gasteiger partial charge in [0.25, 0.3) is 0 Å². The molecule has 1 aromatic heterocycles. The molecule has 1 aliphatic rings. The summed E-state index contributed by atoms with van der Waals surface area (Å²) in [5.74, 6) is 1.32. The van der Waals surface area contributed by atoms with Crippen molar-refractivity contribution in [3.63, 3.8) is 0 Å². The third-order valence-electron chi connectivity index (χ3n) is 1.72. The molecule has 2 nitrogen and oxygen atoms in total. The number of aryl methyl sites for hydroxylation is 2. The van der Waals surface area contributed by atoms with Crippen LogP contribution in [0, 0.1) is 6.92 Å². The van der Waals surface area contributed by atoms with Crippen molar-refractivity contribution in [3.05, 3.63) is 23.2 Å². The molecule has 0 saturated carbocycles. The molecular formula is C10H14FNO. The normalized spacial score (nSPS) is 14.0. The van der Waals surface area contributed by atoms with Crippen molar-refractivity contribution in [2.24, 2.45) is 0 Å². The molecule has 1 aromatic rings. The Morgan fingerprint density at radius 1 is 1.38 bits per heavy atom. The first-order valence-corrected chi connectivity index (χ1v) is 4.58. The van der Waals surface area contributed by atoms with Gasteiger partial charge in [-0.25, -0.2) is 9.37 Å². The molecule has 0 bridgehead atoms. The van der Waals surface area contributed by atoms with E-state index in [4.69, 9.17) is 4.42 Å². The molecule has 0 unspecified atom stereocenters. The zero-order valence-electron chi connectivity index (χ0n) is 8.22. The first-order valence-electron chi connectivity index (χ1n) is 4.58. The SMILES string of the molecule is CC.Cc1nc2c(o1)CCC(F)=C2. The van der Waals surface area contributed by atoms with Crippen LogP contribution in [-0.4, -0.2) is 4.98 Å². The average molecular weight is 183 g/mol. The molecule has 0 radical (unpaired) electrons. The Balaban J connectivity index is 0.000000396. The summed E-state index contributed by atoms with van der Waals surface area (Å²) in [5.41, 5.74) is 0.659. The lowest BCUT2D eigenvalue weighted by Crippen LogP contribution is -1.93. The Bertz CT molecular complexity index is 315. The third kappa shape index (κ3) is 2.17. The number of oxazole rings is 1. The fourth-order valence-electron chi connectivity index (χ4n) is 1.23. The molecule has 0 fully saturated rings. The number of nitrogens with zero attached hydrogens (tertiary/aromatic N) is 1. The topological polar surface area (TPSA) is 26.0 Å². The monoisotopic (exact) mass is 183 g/mol. The van der Waals surface area contributed by atoms with E-state index in [9.17, 15) is 4.39 Å². The van der Waals surface area contributed by atoms with Crippen LogP contribution in [0.3, 0.4) is 0 Å². The molecule has 3 heteroatoms. The number of fused-ring (bicyclic) bond motifs is 1. The molecule has 0 saturated heterocycles. The minimum atomic E-state index is -0.106. The van der Waals surface area contributed by atoms with Crippen LogP contribution in [0.5, 0.6) is 0 Å². The van der Waals surface area contributed by atoms with Crippen LogP contribution in [0.15, 0.2) is 10.2 Å². The summed E-state index contributed by atoms with van der Waals surface area (Å²) in [6, 6.07) is 0. The molecular weight excluding hydrogens is 169 g/mol. The smallest absolute Gasteiger partial charge is 0.191 e. The van der Waals surface area contributed by atoms with E-state index < -0.39 is 0 Å². The number of rotatable bonds is 0. The fourth-order valence-corrected chi connectivity index (χ4v) is 1.23. The van der Waals surface area contributed by atoms with Crippen molar-refractivity contribution in [1.29, 1.82) is 0 Å². The van der Waals surface area contributed by atoms with E-state index in [1.807, 2.05) is 13.8 Å². The van der Waals surface area contributed by atoms with Crippen LogP contribution < -0.4 is 0 Å². The highest BCUT2D eigenvalue weighted by atomic mass is 19.1. The lowest BCUT2D eigenvalue weighted by Gasteiger charge is -2.02. The van der Waals surface area contributed by atoms with Gasteiger partial charge in [0.15, 0.2) is 5.89 Å². The summed E-state index contributed by atoms with van der Waals surface area (Å²) in [6.07, 6.45) is 2.52. The largest absolute Gasteiger partial charge is 0.445 e. The maximum absolute atomic E-state index is 12.7. The van der Waals surface area contributed by atoms with Crippen LogP contribution in [-0.2, 0) is 6.42 Å². The van der Waals surface area contributed by atoms with Gasteiger partial charge in [0.05, 0.1) is 0 Å². The Morgan fingerprint density at radius 2 is 2.08 bits per heavy atom. The third-order valence-corrected chi connectivity index (χ3v) is 1.72. The first-order chi connectivity index (χ1) is 6.25. The molecule has 0 N–H and O–H groups in total. The van der Waals surface area contributed by atoms with Crippen molar-refractivity contribution >= 4 is 6.08 Å². The minimum absolute atomic E-state index is 0.106. The summed E-state index contributed by atoms with van der Waals surface area (Å²) in [5, 5.41) is 0. The number of hydrogen-bond acceptors (Lipinski definition) is 2. The lowest BCUT2D eigenvalue weighted by atomic mass is 10.1. The van der Waals surface area contributed by atoms with Crippen LogP contribution in [0.1, 0.15) is 37.6 Å². The Labute approximate surface area is 77.5 Å². The molecule has 0 atom stereocenters. The van der Waals surface area contributed by atoms with Gasteiger partial charge in [0.1, 0.15) is 17.3 Å². The molecule has 72 valence electrons. The second-order valence-corrected chi connectivity index (χ2v) is 2.63. The van der Waals surface area contributed by atoms with Crippen molar-refractivity contribution < 1.29 is 8.81 Å². The van der Waals surface area contributed by atoms with Crippen molar-refractivity contribution in [3.8, 4) is 0 Å². The van der Waals surface area contributed by atoms with E-state index >= 15 is 0 Å². The number of hydrogen-bond donors (Lipinski definition) is 0. The maximum Gasteiger partial charge on any atom is 0.191 e. The fraction of sp³-hybridized carbons (Fsp3) is 0.500. The van der Waals surface area contributed by atoms with Gasteiger partial charge in [0, 0.05) is 19.8 Å². The van der Waals surface area contributed by atoms with E-state index in [2.05, 4.69) is 4.98 Å². The van der Waals surface area contributed by atoms with E-state index in [0.29, 0.717) is 24.4 Å². The molecule has 1 aliphatic carbocycles. The number of allylic oxidation sites excluding steroid dienone is 1. The van der Waals surface area contributed by atoms with Gasteiger partial charge < -0.3 is 4.42 Å². The van der Waals surface area contributed by atoms with Gasteiger partial charge in [-0.15, -0.1) is 0 Å². The highest BCUT2D eigenvalue weighted by Gasteiger charge is 2.15. The summed E-state index contributed by atoms with van der Waals surface area (Å²) in [6.45, 7) is 5.77. The molecule has 2 rings (SSSR count). The Kier molecular flexibility index (Phi) is 3.23. The summed E-state index contributed by atoms with van der Waals surface area (Å²) < 4.78 is 17.9. The van der Waals surface area contributed by atoms with Crippen LogP contribution in [0.2, 0.25) is 0 Å². The molecule has 13 heavy (non-hydrogen) atoms. The quantitative estimate of drug-likeness (QED) is 0.617. The van der Waals surface area contributed by atoms with Gasteiger partial charge in [-0.1, -0.05) is 13.8 Å². The van der Waals surface area contributed by atoms with Crippen molar-refractivity contribution in [2.75, 3.05) is 0 Å². The van der Waals surface area contributed by atoms with E-state index in [1.165, 1.54) is 6.08 Å². The van der Waals surface area contributed by atoms with Gasteiger partial charge in [-0.05, 0) is 6.08 Å². The van der Waals surface area contributed by atoms with Crippen LogP contribution in [0.4, 0.5) is 4.39 Å². The summed E-state index contributed by atoms with van der Waals surface area (Å²) in [4.78, 5) is 4.02. The molecule has 0 aromatic carbocycles. The zero-order chi connectivity index (χ0) is 9.84. The first kappa shape index (κ1) is 9.96. The van der Waals surface area contributed by atoms with E-state index in [-0.39, 0.29) is 5.83 Å². The maximum atomic E-state index is 12.7. The van der Waals surface area contributed by atoms with Crippen molar-refractivity contribution in [2.45, 2.75) is 33.6 Å². The van der Waals surface area contributed by atoms with Gasteiger partial charge in [-0.3, -0.25) is 0 Å². The predicted octanol–water partition coefficient (Wildman–Crippen LogP) is 3.27. The standard InChI is InChI=1S/C8H8FNO.C2H6/c1-5-10-7-4-6(9)2-3-8(7)11-5;1-2/h4H,2-3H2,1H3;1-2H3.